The van der Waals surface area contributed by atoms with E-state index in [1.54, 1.807) is 0 Å². The molecule has 0 amide bonds. The van der Waals surface area contributed by atoms with E-state index < -0.39 is 0 Å². The molecule has 0 saturated carbocycles. The third-order valence-electron chi connectivity index (χ3n) is 3.73. The van der Waals surface area contributed by atoms with Crippen LogP contribution in [0.25, 0.3) is 0 Å². The van der Waals surface area contributed by atoms with Gasteiger partial charge in [-0.25, -0.2) is 0 Å². The molecule has 1 heterocycles. The molecule has 0 fully saturated rings. The van der Waals surface area contributed by atoms with Crippen molar-refractivity contribution >= 4 is 39.1 Å². The van der Waals surface area contributed by atoms with Crippen LogP contribution in [-0.4, -0.2) is 21.5 Å². The van der Waals surface area contributed by atoms with Gasteiger partial charge in [-0.15, -0.1) is 23.2 Å². The average molecular weight is 376 g/mol. The largest absolute Gasteiger partial charge is 0.273 e. The molecule has 0 bridgehead atoms. The van der Waals surface area contributed by atoms with Gasteiger partial charge in [0.1, 0.15) is 0 Å². The van der Waals surface area contributed by atoms with Gasteiger partial charge in [-0.2, -0.15) is 5.10 Å². The average Bonchev–Trinajstić information content (AvgIpc) is 2.86. The molecule has 0 saturated heterocycles. The van der Waals surface area contributed by atoms with Crippen LogP contribution < -0.4 is 0 Å². The van der Waals surface area contributed by atoms with E-state index in [1.807, 2.05) is 36.1 Å². The fourth-order valence-electron chi connectivity index (χ4n) is 2.30. The number of benzene rings is 1. The highest BCUT2D eigenvalue weighted by Gasteiger charge is 2.30. The maximum absolute atomic E-state index is 6.27. The first kappa shape index (κ1) is 15.9. The minimum Gasteiger partial charge on any atom is -0.273 e. The molecule has 0 radical (unpaired) electrons. The lowest BCUT2D eigenvalue weighted by Crippen LogP contribution is -2.31. The van der Waals surface area contributed by atoms with Crippen molar-refractivity contribution in [1.29, 1.82) is 0 Å². The number of aromatic nitrogens is 2. The van der Waals surface area contributed by atoms with Gasteiger partial charge in [0.25, 0.3) is 0 Å². The fraction of sp³-hybridized carbons (Fsp3) is 0.400. The summed E-state index contributed by atoms with van der Waals surface area (Å²) in [6, 6.07) is 10.3. The quantitative estimate of drug-likeness (QED) is 0.678. The second kappa shape index (κ2) is 6.97. The van der Waals surface area contributed by atoms with Gasteiger partial charge < -0.3 is 0 Å². The highest BCUT2D eigenvalue weighted by atomic mass is 79.9. The first-order valence-electron chi connectivity index (χ1n) is 6.46. The second-order valence-corrected chi connectivity index (χ2v) is 6.45. The summed E-state index contributed by atoms with van der Waals surface area (Å²) >= 11 is 16.1. The van der Waals surface area contributed by atoms with Crippen molar-refractivity contribution in [2.24, 2.45) is 7.05 Å². The maximum Gasteiger partial charge on any atom is 0.0492 e. The lowest BCUT2D eigenvalue weighted by Gasteiger charge is -2.30. The number of aryl methyl sites for hydroxylation is 2. The van der Waals surface area contributed by atoms with Crippen LogP contribution in [0.1, 0.15) is 17.7 Å². The molecule has 0 N–H and O–H groups in total. The van der Waals surface area contributed by atoms with Crippen LogP contribution in [0.4, 0.5) is 0 Å². The predicted molar refractivity (Wildman–Crippen MR) is 88.8 cm³/mol. The first-order chi connectivity index (χ1) is 9.61. The Kier molecular flexibility index (Phi) is 5.53. The standard InChI is InChI=1S/C15H17BrCl2N2/c1-20-14(6-8-19-20)5-7-15(10-17,11-18)12-3-2-4-13(16)9-12/h2-4,6,8-9H,5,7,10-11H2,1H3. The van der Waals surface area contributed by atoms with E-state index in [-0.39, 0.29) is 5.41 Å². The van der Waals surface area contributed by atoms with Crippen LogP contribution >= 0.6 is 39.1 Å². The van der Waals surface area contributed by atoms with E-state index in [9.17, 15) is 0 Å². The molecule has 2 aromatic rings. The second-order valence-electron chi connectivity index (χ2n) is 5.00. The van der Waals surface area contributed by atoms with E-state index in [0.29, 0.717) is 11.8 Å². The van der Waals surface area contributed by atoms with Crippen molar-refractivity contribution < 1.29 is 0 Å². The van der Waals surface area contributed by atoms with E-state index in [0.717, 1.165) is 17.3 Å². The van der Waals surface area contributed by atoms with Crippen LogP contribution in [0.3, 0.4) is 0 Å². The van der Waals surface area contributed by atoms with Gasteiger partial charge in [0, 0.05) is 40.6 Å². The number of hydrogen-bond acceptors (Lipinski definition) is 1. The number of alkyl halides is 2. The van der Waals surface area contributed by atoms with Crippen molar-refractivity contribution in [3.05, 3.63) is 52.3 Å². The fourth-order valence-corrected chi connectivity index (χ4v) is 3.56. The predicted octanol–water partition coefficient (Wildman–Crippen LogP) is 4.53. The third-order valence-corrected chi connectivity index (χ3v) is 5.25. The summed E-state index contributed by atoms with van der Waals surface area (Å²) < 4.78 is 2.95. The molecule has 0 spiro atoms. The Balaban J connectivity index is 2.23. The molecule has 5 heteroatoms. The van der Waals surface area contributed by atoms with Gasteiger partial charge in [-0.05, 0) is 36.6 Å². The van der Waals surface area contributed by atoms with Crippen LogP contribution in [0.2, 0.25) is 0 Å². The number of hydrogen-bond donors (Lipinski definition) is 0. The maximum atomic E-state index is 6.27. The Hall–Kier alpha value is -0.510. The van der Waals surface area contributed by atoms with Crippen molar-refractivity contribution in [2.45, 2.75) is 18.3 Å². The lowest BCUT2D eigenvalue weighted by molar-refractivity contribution is 0.482. The summed E-state index contributed by atoms with van der Waals surface area (Å²) in [5.74, 6) is 1.01. The molecule has 1 aromatic carbocycles. The van der Waals surface area contributed by atoms with Crippen molar-refractivity contribution in [3.8, 4) is 0 Å². The number of rotatable bonds is 6. The van der Waals surface area contributed by atoms with E-state index in [1.165, 1.54) is 11.3 Å². The Morgan fingerprint density at radius 1 is 1.25 bits per heavy atom. The normalized spacial score (nSPS) is 11.8. The minimum atomic E-state index is -0.211. The molecule has 108 valence electrons. The smallest absolute Gasteiger partial charge is 0.0492 e. The zero-order valence-electron chi connectivity index (χ0n) is 11.3. The van der Waals surface area contributed by atoms with E-state index in [4.69, 9.17) is 23.2 Å². The van der Waals surface area contributed by atoms with E-state index in [2.05, 4.69) is 33.2 Å². The van der Waals surface area contributed by atoms with Gasteiger partial charge in [0.15, 0.2) is 0 Å². The Labute approximate surface area is 138 Å². The highest BCUT2D eigenvalue weighted by molar-refractivity contribution is 9.10. The van der Waals surface area contributed by atoms with Gasteiger partial charge in [0.2, 0.25) is 0 Å². The van der Waals surface area contributed by atoms with Gasteiger partial charge in [-0.3, -0.25) is 4.68 Å². The summed E-state index contributed by atoms with van der Waals surface area (Å²) in [6.07, 6.45) is 3.62. The Bertz CT molecular complexity index is 565. The molecule has 0 aliphatic heterocycles. The van der Waals surface area contributed by atoms with Crippen LogP contribution in [0.15, 0.2) is 41.0 Å². The summed E-state index contributed by atoms with van der Waals surface area (Å²) in [4.78, 5) is 0. The first-order valence-corrected chi connectivity index (χ1v) is 8.32. The summed E-state index contributed by atoms with van der Waals surface area (Å²) in [5.41, 5.74) is 2.16. The third kappa shape index (κ3) is 3.38. The monoisotopic (exact) mass is 374 g/mol. The van der Waals surface area contributed by atoms with Crippen LogP contribution in [0.5, 0.6) is 0 Å². The molecular weight excluding hydrogens is 359 g/mol. The molecule has 1 aromatic heterocycles. The van der Waals surface area contributed by atoms with Crippen molar-refractivity contribution in [3.63, 3.8) is 0 Å². The van der Waals surface area contributed by atoms with E-state index >= 15 is 0 Å². The molecule has 0 aliphatic carbocycles. The Morgan fingerprint density at radius 3 is 2.55 bits per heavy atom. The number of halogens is 3. The Morgan fingerprint density at radius 2 is 2.00 bits per heavy atom. The summed E-state index contributed by atoms with van der Waals surface area (Å²) in [6.45, 7) is 0. The zero-order chi connectivity index (χ0) is 14.6. The van der Waals surface area contributed by atoms with Crippen molar-refractivity contribution in [1.82, 2.24) is 9.78 Å². The SMILES string of the molecule is Cn1nccc1CCC(CCl)(CCl)c1cccc(Br)c1. The number of nitrogens with zero attached hydrogens (tertiary/aromatic N) is 2. The molecule has 0 aliphatic rings. The van der Waals surface area contributed by atoms with Gasteiger partial charge in [-0.1, -0.05) is 28.1 Å². The topological polar surface area (TPSA) is 17.8 Å². The van der Waals surface area contributed by atoms with Crippen LogP contribution in [0, 0.1) is 0 Å². The zero-order valence-corrected chi connectivity index (χ0v) is 14.4. The van der Waals surface area contributed by atoms with Crippen LogP contribution in [-0.2, 0) is 18.9 Å². The van der Waals surface area contributed by atoms with Crippen molar-refractivity contribution in [2.75, 3.05) is 11.8 Å². The van der Waals surface area contributed by atoms with Gasteiger partial charge in [0.05, 0.1) is 0 Å². The lowest BCUT2D eigenvalue weighted by atomic mass is 9.79. The molecule has 0 atom stereocenters. The molecule has 2 rings (SSSR count). The molecular formula is C15H17BrCl2N2. The summed E-state index contributed by atoms with van der Waals surface area (Å²) in [7, 11) is 1.96. The molecule has 0 unspecified atom stereocenters. The minimum absolute atomic E-state index is 0.211. The highest BCUT2D eigenvalue weighted by Crippen LogP contribution is 2.34. The van der Waals surface area contributed by atoms with Gasteiger partial charge >= 0.3 is 0 Å². The summed E-state index contributed by atoms with van der Waals surface area (Å²) in [5, 5.41) is 4.20. The molecule has 2 nitrogen and oxygen atoms in total. The molecule has 20 heavy (non-hydrogen) atoms.